The molecule has 0 N–H and O–H groups in total. The number of aromatic nitrogens is 1. The fourth-order valence-electron chi connectivity index (χ4n) is 9.87. The van der Waals surface area contributed by atoms with Crippen molar-refractivity contribution in [3.8, 4) is 39.1 Å². The minimum absolute atomic E-state index is 0.261. The lowest BCUT2D eigenvalue weighted by Crippen LogP contribution is -2.19. The number of para-hydroxylation sites is 1. The molecule has 1 heteroatoms. The molecule has 0 saturated heterocycles. The number of aryl methyl sites for hydroxylation is 1. The number of hydrogen-bond donors (Lipinski definition) is 0. The Bertz CT molecular complexity index is 2930. The zero-order valence-electron chi connectivity index (χ0n) is 32.4. The molecule has 1 aromatic heterocycles. The SMILES string of the molecule is C1=CC2C(C=C1c1ccc3c4ccccc4n(-c4ccc(-c5ccccc5)cc4)c3c1)c1ccccc1CCC2c1cc(-c2ccccc2)cc(-c2ccccc2)c1. The standard InChI is InChI=1S/C57H43N/c1-4-14-39(15-5-1)42-24-29-49(30-25-42)58-56-23-13-12-22-53(56)54-33-28-45(38-57(54)58)44-27-32-52-51(31-26-43-20-10-11-21-50(43)55(52)37-44)48-35-46(40-16-6-2-7-17-40)34-47(36-48)41-18-8-3-9-19-41/h1-25,27-30,32-38,51-52,55H,26,31H2. The van der Waals surface area contributed by atoms with Gasteiger partial charge in [-0.1, -0.05) is 188 Å². The molecule has 1 nitrogen and oxygen atoms in total. The summed E-state index contributed by atoms with van der Waals surface area (Å²) < 4.78 is 2.44. The highest BCUT2D eigenvalue weighted by molar-refractivity contribution is 6.10. The average molecular weight is 742 g/mol. The number of nitrogens with zero attached hydrogens (tertiary/aromatic N) is 1. The normalized spacial score (nSPS) is 17.4. The van der Waals surface area contributed by atoms with Crippen LogP contribution in [0.15, 0.2) is 218 Å². The molecular weight excluding hydrogens is 699 g/mol. The Morgan fingerprint density at radius 1 is 0.431 bits per heavy atom. The van der Waals surface area contributed by atoms with Crippen molar-refractivity contribution in [2.24, 2.45) is 5.92 Å². The van der Waals surface area contributed by atoms with Crippen molar-refractivity contribution in [3.63, 3.8) is 0 Å². The Balaban J connectivity index is 1.02. The van der Waals surface area contributed by atoms with Gasteiger partial charge in [0.15, 0.2) is 0 Å². The second kappa shape index (κ2) is 14.5. The van der Waals surface area contributed by atoms with Crippen molar-refractivity contribution in [2.75, 3.05) is 0 Å². The van der Waals surface area contributed by atoms with Gasteiger partial charge < -0.3 is 4.57 Å². The number of benzene rings is 8. The van der Waals surface area contributed by atoms with Crippen LogP contribution < -0.4 is 0 Å². The number of rotatable bonds is 6. The molecule has 3 unspecified atom stereocenters. The molecule has 1 heterocycles. The van der Waals surface area contributed by atoms with E-state index < -0.39 is 0 Å². The largest absolute Gasteiger partial charge is 0.309 e. The van der Waals surface area contributed by atoms with E-state index in [1.165, 1.54) is 88.7 Å². The minimum Gasteiger partial charge on any atom is -0.309 e. The van der Waals surface area contributed by atoms with Gasteiger partial charge in [-0.25, -0.2) is 0 Å². The van der Waals surface area contributed by atoms with Crippen LogP contribution in [0.2, 0.25) is 0 Å². The van der Waals surface area contributed by atoms with Crippen LogP contribution in [0, 0.1) is 5.92 Å². The zero-order chi connectivity index (χ0) is 38.4. The lowest BCUT2D eigenvalue weighted by Gasteiger charge is -2.32. The molecule has 3 atom stereocenters. The van der Waals surface area contributed by atoms with E-state index >= 15 is 0 Å². The molecule has 0 bridgehead atoms. The second-order valence-electron chi connectivity index (χ2n) is 16.0. The fourth-order valence-corrected chi connectivity index (χ4v) is 9.87. The van der Waals surface area contributed by atoms with E-state index in [1.807, 2.05) is 0 Å². The highest BCUT2D eigenvalue weighted by Crippen LogP contribution is 2.49. The average Bonchev–Trinajstić information content (AvgIpc) is 3.54. The Morgan fingerprint density at radius 3 is 1.71 bits per heavy atom. The first-order valence-corrected chi connectivity index (χ1v) is 20.7. The van der Waals surface area contributed by atoms with Crippen LogP contribution in [0.1, 0.15) is 40.5 Å². The molecule has 0 saturated carbocycles. The van der Waals surface area contributed by atoms with E-state index in [1.54, 1.807) is 0 Å². The van der Waals surface area contributed by atoms with E-state index in [0.29, 0.717) is 11.8 Å². The molecule has 0 radical (unpaired) electrons. The molecule has 0 fully saturated rings. The van der Waals surface area contributed by atoms with Crippen LogP contribution in [0.5, 0.6) is 0 Å². The van der Waals surface area contributed by atoms with Crippen molar-refractivity contribution >= 4 is 27.4 Å². The molecular formula is C57H43N. The summed E-state index contributed by atoms with van der Waals surface area (Å²) in [7, 11) is 0. The predicted octanol–water partition coefficient (Wildman–Crippen LogP) is 14.9. The highest BCUT2D eigenvalue weighted by atomic mass is 15.0. The summed E-state index contributed by atoms with van der Waals surface area (Å²) >= 11 is 0. The van der Waals surface area contributed by atoms with Crippen LogP contribution in [0.3, 0.4) is 0 Å². The van der Waals surface area contributed by atoms with Gasteiger partial charge in [-0.3, -0.25) is 0 Å². The Kier molecular flexibility index (Phi) is 8.59. The second-order valence-corrected chi connectivity index (χ2v) is 16.0. The van der Waals surface area contributed by atoms with Crippen LogP contribution in [0.25, 0.3) is 66.4 Å². The fraction of sp³-hybridized carbons (Fsp3) is 0.0877. The molecule has 8 aromatic carbocycles. The van der Waals surface area contributed by atoms with Gasteiger partial charge in [0, 0.05) is 22.4 Å². The highest BCUT2D eigenvalue weighted by Gasteiger charge is 2.35. The number of hydrogen-bond acceptors (Lipinski definition) is 0. The maximum absolute atomic E-state index is 2.59. The lowest BCUT2D eigenvalue weighted by atomic mass is 9.71. The smallest absolute Gasteiger partial charge is 0.0547 e. The molecule has 58 heavy (non-hydrogen) atoms. The van der Waals surface area contributed by atoms with Crippen molar-refractivity contribution in [3.05, 3.63) is 241 Å². The van der Waals surface area contributed by atoms with E-state index in [-0.39, 0.29) is 5.92 Å². The zero-order valence-corrected chi connectivity index (χ0v) is 32.4. The topological polar surface area (TPSA) is 4.93 Å². The van der Waals surface area contributed by atoms with Gasteiger partial charge in [-0.05, 0) is 116 Å². The predicted molar refractivity (Wildman–Crippen MR) is 244 cm³/mol. The van der Waals surface area contributed by atoms with Crippen LogP contribution in [-0.4, -0.2) is 4.57 Å². The monoisotopic (exact) mass is 741 g/mol. The van der Waals surface area contributed by atoms with Crippen molar-refractivity contribution < 1.29 is 0 Å². The van der Waals surface area contributed by atoms with Crippen LogP contribution >= 0.6 is 0 Å². The van der Waals surface area contributed by atoms with E-state index in [2.05, 4.69) is 223 Å². The Hall–Kier alpha value is -6.96. The molecule has 0 aliphatic heterocycles. The molecule has 2 aliphatic carbocycles. The van der Waals surface area contributed by atoms with Gasteiger partial charge in [-0.15, -0.1) is 0 Å². The first-order valence-electron chi connectivity index (χ1n) is 20.7. The molecule has 0 spiro atoms. The lowest BCUT2D eigenvalue weighted by molar-refractivity contribution is 0.456. The Morgan fingerprint density at radius 2 is 1.00 bits per heavy atom. The summed E-state index contributed by atoms with van der Waals surface area (Å²) in [5.41, 5.74) is 18.1. The molecule has 276 valence electrons. The minimum atomic E-state index is 0.261. The van der Waals surface area contributed by atoms with E-state index in [4.69, 9.17) is 0 Å². The van der Waals surface area contributed by atoms with Crippen molar-refractivity contribution in [1.82, 2.24) is 4.57 Å². The summed E-state index contributed by atoms with van der Waals surface area (Å²) in [5.74, 6) is 0.957. The quantitative estimate of drug-likeness (QED) is 0.160. The number of fused-ring (bicyclic) bond motifs is 6. The van der Waals surface area contributed by atoms with Gasteiger partial charge in [0.1, 0.15) is 0 Å². The van der Waals surface area contributed by atoms with Crippen LogP contribution in [0.4, 0.5) is 0 Å². The third-order valence-electron chi connectivity index (χ3n) is 12.7. The summed E-state index contributed by atoms with van der Waals surface area (Å²) in [5, 5.41) is 2.55. The first-order chi connectivity index (χ1) is 28.7. The van der Waals surface area contributed by atoms with E-state index in [0.717, 1.165) is 12.8 Å². The first kappa shape index (κ1) is 34.3. The maximum atomic E-state index is 2.59. The molecule has 9 aromatic rings. The van der Waals surface area contributed by atoms with E-state index in [9.17, 15) is 0 Å². The summed E-state index contributed by atoms with van der Waals surface area (Å²) in [6, 6.07) is 73.9. The summed E-state index contributed by atoms with van der Waals surface area (Å²) in [4.78, 5) is 0. The van der Waals surface area contributed by atoms with Gasteiger partial charge in [0.25, 0.3) is 0 Å². The van der Waals surface area contributed by atoms with Gasteiger partial charge >= 0.3 is 0 Å². The maximum Gasteiger partial charge on any atom is 0.0547 e. The van der Waals surface area contributed by atoms with Crippen LogP contribution in [-0.2, 0) is 6.42 Å². The third-order valence-corrected chi connectivity index (χ3v) is 12.7. The summed E-state index contributed by atoms with van der Waals surface area (Å²) in [6.07, 6.45) is 9.73. The Labute approximate surface area is 340 Å². The molecule has 2 aliphatic rings. The van der Waals surface area contributed by atoms with Gasteiger partial charge in [0.05, 0.1) is 11.0 Å². The molecule has 11 rings (SSSR count). The third kappa shape index (κ3) is 6.12. The summed E-state index contributed by atoms with van der Waals surface area (Å²) in [6.45, 7) is 0. The van der Waals surface area contributed by atoms with Gasteiger partial charge in [0.2, 0.25) is 0 Å². The number of allylic oxidation sites excluding steroid dienone is 4. The molecule has 0 amide bonds. The van der Waals surface area contributed by atoms with Gasteiger partial charge in [-0.2, -0.15) is 0 Å². The van der Waals surface area contributed by atoms with Crippen molar-refractivity contribution in [2.45, 2.75) is 24.7 Å². The van der Waals surface area contributed by atoms with Crippen molar-refractivity contribution in [1.29, 1.82) is 0 Å².